The smallest absolute Gasteiger partial charge is 0.230 e. The van der Waals surface area contributed by atoms with Crippen molar-refractivity contribution in [2.24, 2.45) is 0 Å². The van der Waals surface area contributed by atoms with Gasteiger partial charge < -0.3 is 9.30 Å². The lowest BCUT2D eigenvalue weighted by Crippen LogP contribution is -2.13. The van der Waals surface area contributed by atoms with Crippen LogP contribution in [0.2, 0.25) is 0 Å². The molecule has 0 aromatic carbocycles. The Morgan fingerprint density at radius 2 is 2.55 bits per heavy atom. The topological polar surface area (TPSA) is 27.1 Å². The summed E-state index contributed by atoms with van der Waals surface area (Å²) in [5, 5.41) is 0. The highest BCUT2D eigenvalue weighted by molar-refractivity contribution is 4.79. The first-order valence-corrected chi connectivity index (χ1v) is 3.42. The van der Waals surface area contributed by atoms with Gasteiger partial charge in [0, 0.05) is 13.7 Å². The number of hydrogen-bond acceptors (Lipinski definition) is 2. The second-order valence-electron chi connectivity index (χ2n) is 2.44. The van der Waals surface area contributed by atoms with Crippen molar-refractivity contribution >= 4 is 0 Å². The maximum absolute atomic E-state index is 12.3. The molecule has 1 aromatic heterocycles. The molecule has 0 aliphatic heterocycles. The van der Waals surface area contributed by atoms with E-state index in [9.17, 15) is 4.39 Å². The van der Waals surface area contributed by atoms with Gasteiger partial charge in [-0.15, -0.1) is 0 Å². The van der Waals surface area contributed by atoms with E-state index in [0.717, 1.165) is 0 Å². The molecule has 0 unspecified atom stereocenters. The Balaban J connectivity index is 2.50. The maximum Gasteiger partial charge on any atom is 0.230 e. The van der Waals surface area contributed by atoms with E-state index in [2.05, 4.69) is 4.98 Å². The van der Waals surface area contributed by atoms with Crippen LogP contribution in [0.4, 0.5) is 4.39 Å². The Bertz CT molecular complexity index is 224. The van der Waals surface area contributed by atoms with Crippen molar-refractivity contribution in [2.75, 3.05) is 7.11 Å². The summed E-state index contributed by atoms with van der Waals surface area (Å²) in [7, 11) is 1.62. The number of ether oxygens (including phenoxy) is 1. The van der Waals surface area contributed by atoms with Gasteiger partial charge in [0.2, 0.25) is 5.95 Å². The molecular weight excluding hydrogens is 147 g/mol. The molecular formula is C7H11FN2O. The van der Waals surface area contributed by atoms with Crippen LogP contribution in [-0.4, -0.2) is 22.8 Å². The molecule has 0 aliphatic rings. The predicted octanol–water partition coefficient (Wildman–Crippen LogP) is 1.06. The summed E-state index contributed by atoms with van der Waals surface area (Å²) >= 11 is 0. The third-order valence-corrected chi connectivity index (χ3v) is 1.47. The van der Waals surface area contributed by atoms with Crippen molar-refractivity contribution in [3.63, 3.8) is 0 Å². The lowest BCUT2D eigenvalue weighted by atomic mass is 10.4. The van der Waals surface area contributed by atoms with Gasteiger partial charge in [-0.1, -0.05) is 0 Å². The van der Waals surface area contributed by atoms with E-state index in [0.29, 0.717) is 6.54 Å². The molecule has 11 heavy (non-hydrogen) atoms. The number of rotatable bonds is 3. The van der Waals surface area contributed by atoms with Crippen LogP contribution in [-0.2, 0) is 11.3 Å². The first-order valence-electron chi connectivity index (χ1n) is 3.42. The molecule has 0 saturated carbocycles. The lowest BCUT2D eigenvalue weighted by molar-refractivity contribution is 0.103. The van der Waals surface area contributed by atoms with Crippen molar-refractivity contribution in [1.29, 1.82) is 0 Å². The summed E-state index contributed by atoms with van der Waals surface area (Å²) in [4.78, 5) is 3.44. The fourth-order valence-electron chi connectivity index (χ4n) is 0.804. The van der Waals surface area contributed by atoms with Crippen LogP contribution in [0, 0.1) is 5.95 Å². The quantitative estimate of drug-likeness (QED) is 0.657. The Hall–Kier alpha value is -0.900. The highest BCUT2D eigenvalue weighted by Crippen LogP contribution is 1.97. The van der Waals surface area contributed by atoms with E-state index in [1.165, 1.54) is 12.5 Å². The standard InChI is InChI=1S/C7H11FN2O/c1-6(11-2)3-10-4-7(8)9-5-10/h4-6H,3H2,1-2H3/t6-/m1/s1. The average Bonchev–Trinajstić information content (AvgIpc) is 2.35. The molecule has 0 saturated heterocycles. The van der Waals surface area contributed by atoms with Gasteiger partial charge in [0.05, 0.1) is 18.6 Å². The van der Waals surface area contributed by atoms with Crippen LogP contribution in [0.15, 0.2) is 12.5 Å². The van der Waals surface area contributed by atoms with Crippen LogP contribution in [0.25, 0.3) is 0 Å². The molecule has 0 aliphatic carbocycles. The monoisotopic (exact) mass is 158 g/mol. The Morgan fingerprint density at radius 1 is 1.82 bits per heavy atom. The van der Waals surface area contributed by atoms with Gasteiger partial charge in [-0.2, -0.15) is 4.39 Å². The van der Waals surface area contributed by atoms with E-state index >= 15 is 0 Å². The summed E-state index contributed by atoms with van der Waals surface area (Å²) in [5.74, 6) is -0.451. The van der Waals surface area contributed by atoms with Crippen molar-refractivity contribution in [3.05, 3.63) is 18.5 Å². The number of nitrogens with zero attached hydrogens (tertiary/aromatic N) is 2. The van der Waals surface area contributed by atoms with Gasteiger partial charge in [-0.25, -0.2) is 4.98 Å². The van der Waals surface area contributed by atoms with E-state index < -0.39 is 5.95 Å². The Morgan fingerprint density at radius 3 is 3.00 bits per heavy atom. The maximum atomic E-state index is 12.3. The zero-order chi connectivity index (χ0) is 8.27. The molecule has 0 fully saturated rings. The van der Waals surface area contributed by atoms with Crippen LogP contribution in [0.5, 0.6) is 0 Å². The molecule has 1 rings (SSSR count). The SMILES string of the molecule is CO[C@H](C)Cn1cnc(F)c1. The molecule has 1 atom stereocenters. The summed E-state index contributed by atoms with van der Waals surface area (Å²) in [6.45, 7) is 2.55. The van der Waals surface area contributed by atoms with E-state index in [1.54, 1.807) is 11.7 Å². The van der Waals surface area contributed by atoms with Crippen molar-refractivity contribution in [2.45, 2.75) is 19.6 Å². The molecule has 0 bridgehead atoms. The van der Waals surface area contributed by atoms with E-state index in [-0.39, 0.29) is 6.10 Å². The van der Waals surface area contributed by atoms with Crippen LogP contribution in [0.1, 0.15) is 6.92 Å². The molecule has 0 N–H and O–H groups in total. The summed E-state index contributed by atoms with van der Waals surface area (Å²) in [6, 6.07) is 0. The lowest BCUT2D eigenvalue weighted by Gasteiger charge is -2.08. The third-order valence-electron chi connectivity index (χ3n) is 1.47. The fourth-order valence-corrected chi connectivity index (χ4v) is 0.804. The van der Waals surface area contributed by atoms with Crippen LogP contribution < -0.4 is 0 Å². The van der Waals surface area contributed by atoms with Crippen molar-refractivity contribution in [1.82, 2.24) is 9.55 Å². The highest BCUT2D eigenvalue weighted by atomic mass is 19.1. The zero-order valence-electron chi connectivity index (χ0n) is 6.62. The van der Waals surface area contributed by atoms with Gasteiger partial charge >= 0.3 is 0 Å². The number of aromatic nitrogens is 2. The molecule has 3 nitrogen and oxygen atoms in total. The minimum atomic E-state index is -0.451. The van der Waals surface area contributed by atoms with Gasteiger partial charge in [0.15, 0.2) is 0 Å². The van der Waals surface area contributed by atoms with Crippen LogP contribution in [0.3, 0.4) is 0 Å². The van der Waals surface area contributed by atoms with Gasteiger partial charge in [0.25, 0.3) is 0 Å². The summed E-state index contributed by atoms with van der Waals surface area (Å²) in [5.41, 5.74) is 0. The molecule has 62 valence electrons. The molecule has 0 radical (unpaired) electrons. The number of hydrogen-bond donors (Lipinski definition) is 0. The average molecular weight is 158 g/mol. The van der Waals surface area contributed by atoms with E-state index in [1.807, 2.05) is 6.92 Å². The molecule has 4 heteroatoms. The van der Waals surface area contributed by atoms with Gasteiger partial charge in [-0.3, -0.25) is 0 Å². The number of imidazole rings is 1. The van der Waals surface area contributed by atoms with Crippen molar-refractivity contribution in [3.8, 4) is 0 Å². The second kappa shape index (κ2) is 3.48. The van der Waals surface area contributed by atoms with Crippen LogP contribution >= 0.6 is 0 Å². The summed E-state index contributed by atoms with van der Waals surface area (Å²) in [6.07, 6.45) is 2.88. The first-order chi connectivity index (χ1) is 5.22. The number of methoxy groups -OCH3 is 1. The minimum Gasteiger partial charge on any atom is -0.380 e. The summed E-state index contributed by atoms with van der Waals surface area (Å²) < 4.78 is 19.0. The number of halogens is 1. The Kier molecular flexibility index (Phi) is 2.59. The first kappa shape index (κ1) is 8.20. The minimum absolute atomic E-state index is 0.0867. The van der Waals surface area contributed by atoms with Gasteiger partial charge in [0.1, 0.15) is 0 Å². The van der Waals surface area contributed by atoms with E-state index in [4.69, 9.17) is 4.74 Å². The predicted molar refractivity (Wildman–Crippen MR) is 38.7 cm³/mol. The largest absolute Gasteiger partial charge is 0.380 e. The highest BCUT2D eigenvalue weighted by Gasteiger charge is 2.01. The van der Waals surface area contributed by atoms with Gasteiger partial charge in [-0.05, 0) is 6.92 Å². The zero-order valence-corrected chi connectivity index (χ0v) is 6.62. The molecule has 1 heterocycles. The second-order valence-corrected chi connectivity index (χ2v) is 2.44. The van der Waals surface area contributed by atoms with Crippen molar-refractivity contribution < 1.29 is 9.13 Å². The molecule has 0 spiro atoms. The third kappa shape index (κ3) is 2.31. The molecule has 1 aromatic rings. The normalized spacial score (nSPS) is 13.4. The fraction of sp³-hybridized carbons (Fsp3) is 0.571. The Labute approximate surface area is 64.8 Å². The molecule has 0 amide bonds.